The van der Waals surface area contributed by atoms with Crippen molar-refractivity contribution in [1.82, 2.24) is 0 Å². The zero-order valence-electron chi connectivity index (χ0n) is 15.6. The third-order valence-electron chi connectivity index (χ3n) is 4.54. The highest BCUT2D eigenvalue weighted by atomic mass is 16.6. The van der Waals surface area contributed by atoms with Gasteiger partial charge in [-0.1, -0.05) is 6.07 Å². The summed E-state index contributed by atoms with van der Waals surface area (Å²) in [5.74, 6) is -1.06. The molecule has 2 amide bonds. The van der Waals surface area contributed by atoms with Crippen LogP contribution in [-0.4, -0.2) is 30.5 Å². The van der Waals surface area contributed by atoms with E-state index >= 15 is 0 Å². The number of benzene rings is 2. The fourth-order valence-electron chi connectivity index (χ4n) is 3.03. The standard InChI is InChI=1S/C21H22N2O5/c1-13(21(26)23-17-8-5-15(6-9-17)20(22)25)28-19(24)12-27-18-10-7-14-3-2-4-16(14)11-18/h5-11,13H,2-4,12H2,1H3,(H2,22,25)(H,23,26). The Labute approximate surface area is 162 Å². The summed E-state index contributed by atoms with van der Waals surface area (Å²) in [6.45, 7) is 1.20. The molecule has 2 aromatic rings. The van der Waals surface area contributed by atoms with Crippen LogP contribution in [0.25, 0.3) is 0 Å². The highest BCUT2D eigenvalue weighted by molar-refractivity contribution is 5.96. The van der Waals surface area contributed by atoms with E-state index in [1.807, 2.05) is 18.2 Å². The molecule has 0 bridgehead atoms. The van der Waals surface area contributed by atoms with Gasteiger partial charge in [-0.15, -0.1) is 0 Å². The monoisotopic (exact) mass is 382 g/mol. The topological polar surface area (TPSA) is 108 Å². The molecule has 2 aromatic carbocycles. The van der Waals surface area contributed by atoms with Crippen molar-refractivity contribution in [3.05, 3.63) is 59.2 Å². The van der Waals surface area contributed by atoms with Gasteiger partial charge in [0.25, 0.3) is 5.91 Å². The lowest BCUT2D eigenvalue weighted by Crippen LogP contribution is -2.31. The number of hydrogen-bond acceptors (Lipinski definition) is 5. The molecule has 0 heterocycles. The number of nitrogens with one attached hydrogen (secondary N) is 1. The molecule has 7 heteroatoms. The molecule has 0 saturated carbocycles. The summed E-state index contributed by atoms with van der Waals surface area (Å²) in [4.78, 5) is 35.2. The number of carbonyl (C=O) groups is 3. The number of carbonyl (C=O) groups excluding carboxylic acids is 3. The molecule has 0 aliphatic heterocycles. The number of rotatable bonds is 7. The van der Waals surface area contributed by atoms with Crippen LogP contribution in [0, 0.1) is 0 Å². The molecule has 0 saturated heterocycles. The molecule has 0 fully saturated rings. The number of amides is 2. The number of anilines is 1. The van der Waals surface area contributed by atoms with Gasteiger partial charge in [0.15, 0.2) is 12.7 Å². The molecule has 1 unspecified atom stereocenters. The van der Waals surface area contributed by atoms with E-state index in [-0.39, 0.29) is 6.61 Å². The summed E-state index contributed by atoms with van der Waals surface area (Å²) in [6, 6.07) is 11.9. The van der Waals surface area contributed by atoms with Crippen LogP contribution in [0.15, 0.2) is 42.5 Å². The Hall–Kier alpha value is -3.35. The molecule has 3 N–H and O–H groups in total. The van der Waals surface area contributed by atoms with Crippen LogP contribution in [0.5, 0.6) is 5.75 Å². The van der Waals surface area contributed by atoms with Crippen LogP contribution < -0.4 is 15.8 Å². The number of nitrogens with two attached hydrogens (primary N) is 1. The number of primary amides is 1. The van der Waals surface area contributed by atoms with Gasteiger partial charge in [-0.25, -0.2) is 4.79 Å². The maximum atomic E-state index is 12.1. The minimum Gasteiger partial charge on any atom is -0.482 e. The average Bonchev–Trinajstić information content (AvgIpc) is 3.14. The van der Waals surface area contributed by atoms with Crippen LogP contribution >= 0.6 is 0 Å². The van der Waals surface area contributed by atoms with Gasteiger partial charge in [-0.05, 0) is 73.7 Å². The third kappa shape index (κ3) is 4.88. The Morgan fingerprint density at radius 3 is 2.50 bits per heavy atom. The van der Waals surface area contributed by atoms with Crippen LogP contribution in [0.2, 0.25) is 0 Å². The van der Waals surface area contributed by atoms with Crippen molar-refractivity contribution in [2.75, 3.05) is 11.9 Å². The first-order valence-electron chi connectivity index (χ1n) is 9.07. The Morgan fingerprint density at radius 2 is 1.79 bits per heavy atom. The highest BCUT2D eigenvalue weighted by Gasteiger charge is 2.19. The van der Waals surface area contributed by atoms with Crippen LogP contribution in [0.3, 0.4) is 0 Å². The van der Waals surface area contributed by atoms with Gasteiger partial charge >= 0.3 is 5.97 Å². The smallest absolute Gasteiger partial charge is 0.344 e. The van der Waals surface area contributed by atoms with Gasteiger partial charge in [0.2, 0.25) is 5.91 Å². The first-order chi connectivity index (χ1) is 13.4. The molecule has 0 radical (unpaired) electrons. The number of ether oxygens (including phenoxy) is 2. The number of esters is 1. The lowest BCUT2D eigenvalue weighted by molar-refractivity contribution is -0.155. The van der Waals surface area contributed by atoms with Crippen LogP contribution in [-0.2, 0) is 27.2 Å². The Morgan fingerprint density at radius 1 is 1.07 bits per heavy atom. The first-order valence-corrected chi connectivity index (χ1v) is 9.07. The summed E-state index contributed by atoms with van der Waals surface area (Å²) in [6.07, 6.45) is 2.25. The van der Waals surface area contributed by atoms with E-state index in [4.69, 9.17) is 15.2 Å². The van der Waals surface area contributed by atoms with E-state index in [9.17, 15) is 14.4 Å². The quantitative estimate of drug-likeness (QED) is 0.714. The minimum absolute atomic E-state index is 0.274. The number of fused-ring (bicyclic) bond motifs is 1. The average molecular weight is 382 g/mol. The molecule has 1 aliphatic rings. The number of hydrogen-bond donors (Lipinski definition) is 2. The van der Waals surface area contributed by atoms with E-state index in [2.05, 4.69) is 5.32 Å². The Balaban J connectivity index is 1.46. The van der Waals surface area contributed by atoms with Gasteiger partial charge < -0.3 is 20.5 Å². The zero-order chi connectivity index (χ0) is 20.1. The molecule has 7 nitrogen and oxygen atoms in total. The molecule has 28 heavy (non-hydrogen) atoms. The van der Waals surface area contributed by atoms with Gasteiger partial charge in [0, 0.05) is 11.3 Å². The van der Waals surface area contributed by atoms with Crippen molar-refractivity contribution in [3.63, 3.8) is 0 Å². The molecule has 0 aromatic heterocycles. The summed E-state index contributed by atoms with van der Waals surface area (Å²) in [7, 11) is 0. The Kier molecular flexibility index (Phi) is 5.93. The largest absolute Gasteiger partial charge is 0.482 e. The zero-order valence-corrected chi connectivity index (χ0v) is 15.6. The lowest BCUT2D eigenvalue weighted by Gasteiger charge is -2.14. The predicted octanol–water partition coefficient (Wildman–Crippen LogP) is 2.22. The van der Waals surface area contributed by atoms with E-state index in [1.165, 1.54) is 30.2 Å². The molecule has 1 aliphatic carbocycles. The lowest BCUT2D eigenvalue weighted by atomic mass is 10.1. The maximum Gasteiger partial charge on any atom is 0.344 e. The molecule has 3 rings (SSSR count). The van der Waals surface area contributed by atoms with Crippen molar-refractivity contribution in [2.45, 2.75) is 32.3 Å². The summed E-state index contributed by atoms with van der Waals surface area (Å²) in [5, 5.41) is 2.61. The van der Waals surface area contributed by atoms with E-state index in [1.54, 1.807) is 12.1 Å². The first kappa shape index (κ1) is 19.4. The summed E-state index contributed by atoms with van der Waals surface area (Å²) < 4.78 is 10.6. The van der Waals surface area contributed by atoms with E-state index in [0.717, 1.165) is 19.3 Å². The maximum absolute atomic E-state index is 12.1. The van der Waals surface area contributed by atoms with Gasteiger partial charge in [0.05, 0.1) is 0 Å². The van der Waals surface area contributed by atoms with Crippen molar-refractivity contribution >= 4 is 23.5 Å². The van der Waals surface area contributed by atoms with Crippen LogP contribution in [0.4, 0.5) is 5.69 Å². The number of aryl methyl sites for hydroxylation is 2. The van der Waals surface area contributed by atoms with E-state index < -0.39 is 23.9 Å². The third-order valence-corrected chi connectivity index (χ3v) is 4.54. The fourth-order valence-corrected chi connectivity index (χ4v) is 3.03. The minimum atomic E-state index is -0.994. The second-order valence-corrected chi connectivity index (χ2v) is 6.64. The van der Waals surface area contributed by atoms with Gasteiger partial charge in [-0.2, -0.15) is 0 Å². The van der Waals surface area contributed by atoms with Crippen molar-refractivity contribution in [2.24, 2.45) is 5.73 Å². The second-order valence-electron chi connectivity index (χ2n) is 6.64. The summed E-state index contributed by atoms with van der Waals surface area (Å²) >= 11 is 0. The summed E-state index contributed by atoms with van der Waals surface area (Å²) in [5.41, 5.74) is 8.54. The Bertz CT molecular complexity index is 892. The van der Waals surface area contributed by atoms with Crippen molar-refractivity contribution < 1.29 is 23.9 Å². The molecule has 1 atom stereocenters. The van der Waals surface area contributed by atoms with Gasteiger partial charge in [0.1, 0.15) is 5.75 Å². The van der Waals surface area contributed by atoms with E-state index in [0.29, 0.717) is 17.0 Å². The van der Waals surface area contributed by atoms with Crippen molar-refractivity contribution in [1.29, 1.82) is 0 Å². The second kappa shape index (κ2) is 8.56. The molecular weight excluding hydrogens is 360 g/mol. The molecule has 146 valence electrons. The highest BCUT2D eigenvalue weighted by Crippen LogP contribution is 2.26. The predicted molar refractivity (Wildman–Crippen MR) is 103 cm³/mol. The van der Waals surface area contributed by atoms with Crippen LogP contribution in [0.1, 0.15) is 34.8 Å². The fraction of sp³-hybridized carbons (Fsp3) is 0.286. The molecular formula is C21H22N2O5. The van der Waals surface area contributed by atoms with Crippen molar-refractivity contribution in [3.8, 4) is 5.75 Å². The van der Waals surface area contributed by atoms with Gasteiger partial charge in [-0.3, -0.25) is 9.59 Å². The SMILES string of the molecule is CC(OC(=O)COc1ccc2c(c1)CCC2)C(=O)Nc1ccc(C(N)=O)cc1. The normalized spacial score (nSPS) is 13.3. The molecule has 0 spiro atoms.